The molecule has 1 atom stereocenters. The van der Waals surface area contributed by atoms with Crippen LogP contribution in [-0.4, -0.2) is 28.1 Å². The molecule has 0 saturated carbocycles. The van der Waals surface area contributed by atoms with Crippen molar-refractivity contribution in [3.63, 3.8) is 0 Å². The van der Waals surface area contributed by atoms with E-state index in [1.165, 1.54) is 18.0 Å². The minimum absolute atomic E-state index is 0.0317. The number of rotatable bonds is 0. The summed E-state index contributed by atoms with van der Waals surface area (Å²) < 4.78 is 0. The van der Waals surface area contributed by atoms with Crippen molar-refractivity contribution in [2.24, 2.45) is 0 Å². The Labute approximate surface area is 109 Å². The second-order valence-corrected chi connectivity index (χ2v) is 3.48. The molecule has 18 heavy (non-hydrogen) atoms. The Morgan fingerprint density at radius 1 is 1.17 bits per heavy atom. The van der Waals surface area contributed by atoms with Gasteiger partial charge in [0.1, 0.15) is 5.75 Å². The molecule has 1 aliphatic rings. The van der Waals surface area contributed by atoms with Gasteiger partial charge >= 0.3 is 0 Å². The number of benzene rings is 1. The molecule has 0 saturated heterocycles. The van der Waals surface area contributed by atoms with Crippen LogP contribution in [0.2, 0.25) is 0 Å². The van der Waals surface area contributed by atoms with Gasteiger partial charge in [0.15, 0.2) is 6.23 Å². The van der Waals surface area contributed by atoms with Crippen LogP contribution in [0.1, 0.15) is 55.4 Å². The number of hydrogen-bond donors (Lipinski definition) is 2. The SMILES string of the molecule is CC.CC.Cc1ccc(O)c2c1C(=O)N(C)C2O. The fourth-order valence-corrected chi connectivity index (χ4v) is 1.74. The van der Waals surface area contributed by atoms with Crippen molar-refractivity contribution in [3.8, 4) is 5.75 Å². The van der Waals surface area contributed by atoms with Gasteiger partial charge < -0.3 is 15.1 Å². The molecule has 1 heterocycles. The molecular weight excluding hydrogens is 230 g/mol. The van der Waals surface area contributed by atoms with Crippen molar-refractivity contribution in [1.29, 1.82) is 0 Å². The first-order valence-corrected chi connectivity index (χ1v) is 6.31. The molecule has 0 fully saturated rings. The summed E-state index contributed by atoms with van der Waals surface area (Å²) in [5.41, 5.74) is 1.50. The molecule has 4 heteroatoms. The van der Waals surface area contributed by atoms with E-state index in [1.807, 2.05) is 27.7 Å². The average Bonchev–Trinajstić information content (AvgIpc) is 2.64. The van der Waals surface area contributed by atoms with E-state index < -0.39 is 6.23 Å². The maximum atomic E-state index is 11.6. The highest BCUT2D eigenvalue weighted by Gasteiger charge is 2.36. The second kappa shape index (κ2) is 7.01. The molecule has 4 nitrogen and oxygen atoms in total. The van der Waals surface area contributed by atoms with Crippen molar-refractivity contribution in [2.75, 3.05) is 7.05 Å². The molecular formula is C14H23NO3. The van der Waals surface area contributed by atoms with Crippen LogP contribution in [-0.2, 0) is 0 Å². The summed E-state index contributed by atoms with van der Waals surface area (Å²) >= 11 is 0. The van der Waals surface area contributed by atoms with E-state index in [1.54, 1.807) is 13.0 Å². The van der Waals surface area contributed by atoms with Crippen molar-refractivity contribution in [2.45, 2.75) is 40.8 Å². The Kier molecular flexibility index (Phi) is 6.41. The molecule has 1 aromatic carbocycles. The van der Waals surface area contributed by atoms with Gasteiger partial charge in [-0.15, -0.1) is 0 Å². The first-order chi connectivity index (χ1) is 8.54. The highest BCUT2D eigenvalue weighted by Crippen LogP contribution is 2.38. The first-order valence-electron chi connectivity index (χ1n) is 6.31. The number of aliphatic hydroxyl groups excluding tert-OH is 1. The van der Waals surface area contributed by atoms with Crippen LogP contribution in [0.5, 0.6) is 5.75 Å². The van der Waals surface area contributed by atoms with Crippen LogP contribution in [0.15, 0.2) is 12.1 Å². The zero-order valence-corrected chi connectivity index (χ0v) is 12.0. The van der Waals surface area contributed by atoms with Gasteiger partial charge in [-0.25, -0.2) is 0 Å². The van der Waals surface area contributed by atoms with E-state index in [0.29, 0.717) is 11.1 Å². The van der Waals surface area contributed by atoms with E-state index in [0.717, 1.165) is 5.56 Å². The van der Waals surface area contributed by atoms with Gasteiger partial charge in [-0.1, -0.05) is 33.8 Å². The molecule has 0 aromatic heterocycles. The van der Waals surface area contributed by atoms with Crippen LogP contribution < -0.4 is 0 Å². The summed E-state index contributed by atoms with van der Waals surface area (Å²) in [7, 11) is 1.51. The smallest absolute Gasteiger partial charge is 0.256 e. The van der Waals surface area contributed by atoms with Crippen LogP contribution >= 0.6 is 0 Å². The molecule has 1 amide bonds. The standard InChI is InChI=1S/C10H11NO3.2C2H6/c1-5-3-4-6(12)8-7(5)9(13)11(2)10(8)14;2*1-2/h3-4,10,12,14H,1-2H3;2*1-2H3. The molecule has 102 valence electrons. The van der Waals surface area contributed by atoms with Crippen molar-refractivity contribution in [3.05, 3.63) is 28.8 Å². The average molecular weight is 253 g/mol. The van der Waals surface area contributed by atoms with E-state index >= 15 is 0 Å². The molecule has 0 aliphatic carbocycles. The van der Waals surface area contributed by atoms with Crippen LogP contribution in [0.4, 0.5) is 0 Å². The van der Waals surface area contributed by atoms with E-state index in [9.17, 15) is 15.0 Å². The minimum Gasteiger partial charge on any atom is -0.507 e. The fourth-order valence-electron chi connectivity index (χ4n) is 1.74. The Hall–Kier alpha value is -1.55. The Bertz CT molecular complexity index is 416. The monoisotopic (exact) mass is 253 g/mol. The number of aromatic hydroxyl groups is 1. The highest BCUT2D eigenvalue weighted by atomic mass is 16.3. The zero-order valence-electron chi connectivity index (χ0n) is 12.0. The number of phenols is 1. The molecule has 1 aliphatic heterocycles. The predicted molar refractivity (Wildman–Crippen MR) is 72.6 cm³/mol. The summed E-state index contributed by atoms with van der Waals surface area (Å²) in [6.07, 6.45) is -1.03. The molecule has 0 bridgehead atoms. The number of aliphatic hydroxyl groups is 1. The molecule has 1 aromatic rings. The number of carbonyl (C=O) groups is 1. The van der Waals surface area contributed by atoms with Crippen LogP contribution in [0, 0.1) is 6.92 Å². The number of hydrogen-bond acceptors (Lipinski definition) is 3. The van der Waals surface area contributed by atoms with Gasteiger partial charge in [0.25, 0.3) is 5.91 Å². The van der Waals surface area contributed by atoms with Gasteiger partial charge in [0.05, 0.1) is 11.1 Å². The van der Waals surface area contributed by atoms with E-state index in [2.05, 4.69) is 0 Å². The zero-order chi connectivity index (χ0) is 14.5. The number of phenolic OH excluding ortho intramolecular Hbond substituents is 1. The molecule has 1 unspecified atom stereocenters. The Morgan fingerprint density at radius 3 is 2.11 bits per heavy atom. The Balaban J connectivity index is 0.000000659. The van der Waals surface area contributed by atoms with Gasteiger partial charge in [0.2, 0.25) is 0 Å². The quantitative estimate of drug-likeness (QED) is 0.747. The molecule has 2 rings (SSSR count). The molecule has 2 N–H and O–H groups in total. The maximum Gasteiger partial charge on any atom is 0.256 e. The molecule has 0 radical (unpaired) electrons. The number of aryl methyl sites for hydroxylation is 1. The third-order valence-electron chi connectivity index (χ3n) is 2.59. The van der Waals surface area contributed by atoms with Crippen molar-refractivity contribution in [1.82, 2.24) is 4.90 Å². The van der Waals surface area contributed by atoms with Gasteiger partial charge in [0, 0.05) is 7.05 Å². The fraction of sp³-hybridized carbons (Fsp3) is 0.500. The van der Waals surface area contributed by atoms with Gasteiger partial charge in [-0.05, 0) is 18.6 Å². The largest absolute Gasteiger partial charge is 0.507 e. The van der Waals surface area contributed by atoms with Crippen LogP contribution in [0.25, 0.3) is 0 Å². The summed E-state index contributed by atoms with van der Waals surface area (Å²) in [6.45, 7) is 9.78. The van der Waals surface area contributed by atoms with Gasteiger partial charge in [-0.3, -0.25) is 4.79 Å². The van der Waals surface area contributed by atoms with Gasteiger partial charge in [-0.2, -0.15) is 0 Å². The lowest BCUT2D eigenvalue weighted by molar-refractivity contribution is 0.0294. The summed E-state index contributed by atoms with van der Waals surface area (Å²) in [6, 6.07) is 3.15. The number of nitrogens with zero attached hydrogens (tertiary/aromatic N) is 1. The van der Waals surface area contributed by atoms with E-state index in [4.69, 9.17) is 0 Å². The third kappa shape index (κ3) is 2.64. The Morgan fingerprint density at radius 2 is 1.67 bits per heavy atom. The van der Waals surface area contributed by atoms with Crippen molar-refractivity contribution < 1.29 is 15.0 Å². The first kappa shape index (κ1) is 16.4. The lowest BCUT2D eigenvalue weighted by Gasteiger charge is -2.13. The number of carbonyl (C=O) groups excluding carboxylic acids is 1. The lowest BCUT2D eigenvalue weighted by Crippen LogP contribution is -2.22. The number of amides is 1. The predicted octanol–water partition coefficient (Wildman–Crippen LogP) is 2.83. The third-order valence-corrected chi connectivity index (χ3v) is 2.59. The normalized spacial score (nSPS) is 16.3. The van der Waals surface area contributed by atoms with Crippen LogP contribution in [0.3, 0.4) is 0 Å². The summed E-state index contributed by atoms with van der Waals surface area (Å²) in [4.78, 5) is 12.8. The van der Waals surface area contributed by atoms with E-state index in [-0.39, 0.29) is 11.7 Å². The lowest BCUT2D eigenvalue weighted by atomic mass is 10.0. The van der Waals surface area contributed by atoms with Crippen molar-refractivity contribution >= 4 is 5.91 Å². The summed E-state index contributed by atoms with van der Waals surface area (Å²) in [5, 5.41) is 19.2. The second-order valence-electron chi connectivity index (χ2n) is 3.48. The number of fused-ring (bicyclic) bond motifs is 1. The molecule has 0 spiro atoms. The maximum absolute atomic E-state index is 11.6. The summed E-state index contributed by atoms with van der Waals surface area (Å²) in [5.74, 6) is -0.281. The topological polar surface area (TPSA) is 60.8 Å². The highest BCUT2D eigenvalue weighted by molar-refractivity contribution is 6.00. The minimum atomic E-state index is -1.03.